The van der Waals surface area contributed by atoms with Gasteiger partial charge in [0.15, 0.2) is 0 Å². The van der Waals surface area contributed by atoms with Gasteiger partial charge in [-0.25, -0.2) is 0 Å². The van der Waals surface area contributed by atoms with Gasteiger partial charge in [0.25, 0.3) is 5.91 Å². The second kappa shape index (κ2) is 10.8. The minimum atomic E-state index is -0.803. The van der Waals surface area contributed by atoms with Crippen LogP contribution in [0.3, 0.4) is 0 Å². The van der Waals surface area contributed by atoms with E-state index in [1.54, 1.807) is 0 Å². The standard InChI is InChI=1S/C27H29N3O3/c28-17-20-8-4-11-23(16-20)29-27(32)25(30-26(31)22-9-5-10-22)21-12-14-24(15-13-21)33-18-19-6-2-1-3-7-19/h1-4,6-8,11-16,22,25H,5,9-10,17-18,28H2,(H,29,32)(H,30,31)/t25-/m1/s1. The molecule has 0 aliphatic heterocycles. The Bertz CT molecular complexity index is 1080. The van der Waals surface area contributed by atoms with E-state index in [1.807, 2.05) is 78.9 Å². The molecular formula is C27H29N3O3. The van der Waals surface area contributed by atoms with Crippen LogP contribution in [0, 0.1) is 5.92 Å². The summed E-state index contributed by atoms with van der Waals surface area (Å²) >= 11 is 0. The summed E-state index contributed by atoms with van der Waals surface area (Å²) in [5.74, 6) is 0.299. The summed E-state index contributed by atoms with van der Waals surface area (Å²) in [6.45, 7) is 0.843. The minimum absolute atomic E-state index is 0.0191. The van der Waals surface area contributed by atoms with E-state index < -0.39 is 6.04 Å². The molecule has 1 aliphatic carbocycles. The maximum atomic E-state index is 13.2. The second-order valence-corrected chi connectivity index (χ2v) is 8.31. The van der Waals surface area contributed by atoms with E-state index >= 15 is 0 Å². The Balaban J connectivity index is 1.48. The molecule has 170 valence electrons. The van der Waals surface area contributed by atoms with Crippen LogP contribution >= 0.6 is 0 Å². The lowest BCUT2D eigenvalue weighted by Gasteiger charge is -2.27. The quantitative estimate of drug-likeness (QED) is 0.459. The Morgan fingerprint density at radius 3 is 2.33 bits per heavy atom. The zero-order valence-electron chi connectivity index (χ0n) is 18.5. The molecule has 6 heteroatoms. The SMILES string of the molecule is NCc1cccc(NC(=O)[C@H](NC(=O)C2CCC2)c2ccc(OCc3ccccc3)cc2)c1. The third-order valence-electron chi connectivity index (χ3n) is 5.92. The van der Waals surface area contributed by atoms with Crippen LogP contribution in [0.1, 0.15) is 42.0 Å². The molecule has 3 aromatic carbocycles. The van der Waals surface area contributed by atoms with Crippen LogP contribution < -0.4 is 21.1 Å². The Labute approximate surface area is 194 Å². The second-order valence-electron chi connectivity index (χ2n) is 8.31. The zero-order chi connectivity index (χ0) is 23.0. The van der Waals surface area contributed by atoms with E-state index in [2.05, 4.69) is 10.6 Å². The molecule has 0 bridgehead atoms. The molecule has 1 saturated carbocycles. The number of carbonyl (C=O) groups excluding carboxylic acids is 2. The Morgan fingerprint density at radius 1 is 0.939 bits per heavy atom. The van der Waals surface area contributed by atoms with E-state index in [4.69, 9.17) is 10.5 Å². The molecule has 0 aromatic heterocycles. The van der Waals surface area contributed by atoms with Gasteiger partial charge in [0.05, 0.1) is 0 Å². The first-order chi connectivity index (χ1) is 16.1. The smallest absolute Gasteiger partial charge is 0.251 e. The van der Waals surface area contributed by atoms with Crippen LogP contribution in [-0.2, 0) is 22.7 Å². The van der Waals surface area contributed by atoms with Crippen molar-refractivity contribution in [2.75, 3.05) is 5.32 Å². The molecule has 0 spiro atoms. The van der Waals surface area contributed by atoms with Gasteiger partial charge in [0, 0.05) is 18.2 Å². The lowest BCUT2D eigenvalue weighted by Crippen LogP contribution is -2.41. The number of hydrogen-bond donors (Lipinski definition) is 3. The van der Waals surface area contributed by atoms with Gasteiger partial charge in [-0.2, -0.15) is 0 Å². The first-order valence-electron chi connectivity index (χ1n) is 11.3. The van der Waals surface area contributed by atoms with Crippen molar-refractivity contribution in [3.63, 3.8) is 0 Å². The van der Waals surface area contributed by atoms with Crippen LogP contribution in [-0.4, -0.2) is 11.8 Å². The molecule has 3 aromatic rings. The summed E-state index contributed by atoms with van der Waals surface area (Å²) in [6.07, 6.45) is 2.78. The van der Waals surface area contributed by atoms with E-state index in [1.165, 1.54) is 0 Å². The molecule has 6 nitrogen and oxygen atoms in total. The molecule has 0 saturated heterocycles. The molecule has 4 rings (SSSR count). The molecule has 2 amide bonds. The normalized spacial score (nSPS) is 14.1. The topological polar surface area (TPSA) is 93.5 Å². The fourth-order valence-electron chi connectivity index (χ4n) is 3.72. The third-order valence-corrected chi connectivity index (χ3v) is 5.92. The summed E-state index contributed by atoms with van der Waals surface area (Å²) in [7, 11) is 0. The number of amides is 2. The molecule has 0 unspecified atom stereocenters. The molecule has 0 radical (unpaired) electrons. The molecule has 1 atom stereocenters. The number of hydrogen-bond acceptors (Lipinski definition) is 4. The Morgan fingerprint density at radius 2 is 1.67 bits per heavy atom. The van der Waals surface area contributed by atoms with E-state index in [0.29, 0.717) is 30.2 Å². The molecular weight excluding hydrogens is 414 g/mol. The number of benzene rings is 3. The largest absolute Gasteiger partial charge is 0.489 e. The average molecular weight is 444 g/mol. The number of nitrogens with two attached hydrogens (primary N) is 1. The van der Waals surface area contributed by atoms with Gasteiger partial charge in [-0.15, -0.1) is 0 Å². The summed E-state index contributed by atoms with van der Waals surface area (Å²) < 4.78 is 5.85. The van der Waals surface area contributed by atoms with E-state index in [-0.39, 0.29) is 17.7 Å². The van der Waals surface area contributed by atoms with E-state index in [9.17, 15) is 9.59 Å². The highest BCUT2D eigenvalue weighted by molar-refractivity contribution is 5.98. The Hall–Kier alpha value is -3.64. The highest BCUT2D eigenvalue weighted by atomic mass is 16.5. The van der Waals surface area contributed by atoms with Crippen LogP contribution in [0.2, 0.25) is 0 Å². The van der Waals surface area contributed by atoms with Crippen LogP contribution in [0.25, 0.3) is 0 Å². The van der Waals surface area contributed by atoms with Crippen molar-refractivity contribution >= 4 is 17.5 Å². The molecule has 4 N–H and O–H groups in total. The van der Waals surface area contributed by atoms with Gasteiger partial charge in [-0.1, -0.05) is 61.0 Å². The number of anilines is 1. The Kier molecular flexibility index (Phi) is 7.37. The molecule has 0 heterocycles. The van der Waals surface area contributed by atoms with Crippen molar-refractivity contribution in [1.82, 2.24) is 5.32 Å². The molecule has 1 fully saturated rings. The summed E-state index contributed by atoms with van der Waals surface area (Å²) in [5.41, 5.74) is 9.05. The maximum absolute atomic E-state index is 13.2. The van der Waals surface area contributed by atoms with Gasteiger partial charge in [-0.3, -0.25) is 9.59 Å². The van der Waals surface area contributed by atoms with Gasteiger partial charge in [-0.05, 0) is 53.8 Å². The maximum Gasteiger partial charge on any atom is 0.251 e. The van der Waals surface area contributed by atoms with Gasteiger partial charge < -0.3 is 21.1 Å². The van der Waals surface area contributed by atoms with Crippen molar-refractivity contribution in [2.24, 2.45) is 11.7 Å². The summed E-state index contributed by atoms with van der Waals surface area (Å²) in [4.78, 5) is 25.8. The number of rotatable bonds is 9. The monoisotopic (exact) mass is 443 g/mol. The number of nitrogens with one attached hydrogen (secondary N) is 2. The highest BCUT2D eigenvalue weighted by Gasteiger charge is 2.30. The van der Waals surface area contributed by atoms with Crippen molar-refractivity contribution in [2.45, 2.75) is 38.5 Å². The predicted molar refractivity (Wildman–Crippen MR) is 128 cm³/mol. The van der Waals surface area contributed by atoms with Crippen LogP contribution in [0.15, 0.2) is 78.9 Å². The summed E-state index contributed by atoms with van der Waals surface area (Å²) in [5, 5.41) is 5.86. The lowest BCUT2D eigenvalue weighted by molar-refractivity contribution is -0.131. The lowest BCUT2D eigenvalue weighted by atomic mass is 9.84. The first-order valence-corrected chi connectivity index (χ1v) is 11.3. The minimum Gasteiger partial charge on any atom is -0.489 e. The predicted octanol–water partition coefficient (Wildman–Crippen LogP) is 4.32. The van der Waals surface area contributed by atoms with Crippen LogP contribution in [0.4, 0.5) is 5.69 Å². The fourth-order valence-corrected chi connectivity index (χ4v) is 3.72. The fraction of sp³-hybridized carbons (Fsp3) is 0.259. The van der Waals surface area contributed by atoms with Crippen molar-refractivity contribution in [1.29, 1.82) is 0 Å². The third kappa shape index (κ3) is 5.99. The molecule has 33 heavy (non-hydrogen) atoms. The van der Waals surface area contributed by atoms with Crippen molar-refractivity contribution in [3.8, 4) is 5.75 Å². The first kappa shape index (κ1) is 22.6. The van der Waals surface area contributed by atoms with Gasteiger partial charge in [0.2, 0.25) is 5.91 Å². The summed E-state index contributed by atoms with van der Waals surface area (Å²) in [6, 6.07) is 23.8. The van der Waals surface area contributed by atoms with Gasteiger partial charge >= 0.3 is 0 Å². The van der Waals surface area contributed by atoms with Crippen molar-refractivity contribution in [3.05, 3.63) is 95.6 Å². The number of ether oxygens (including phenoxy) is 1. The number of carbonyl (C=O) groups is 2. The van der Waals surface area contributed by atoms with Crippen molar-refractivity contribution < 1.29 is 14.3 Å². The average Bonchev–Trinajstić information content (AvgIpc) is 2.81. The highest BCUT2D eigenvalue weighted by Crippen LogP contribution is 2.28. The van der Waals surface area contributed by atoms with Crippen LogP contribution in [0.5, 0.6) is 5.75 Å². The van der Waals surface area contributed by atoms with Gasteiger partial charge in [0.1, 0.15) is 18.4 Å². The zero-order valence-corrected chi connectivity index (χ0v) is 18.5. The van der Waals surface area contributed by atoms with E-state index in [0.717, 1.165) is 30.4 Å². The molecule has 1 aliphatic rings.